The molecule has 0 spiro atoms. The quantitative estimate of drug-likeness (QED) is 0.724. The molecule has 1 aliphatic carbocycles. The Balaban J connectivity index is 2.33. The minimum Gasteiger partial charge on any atom is -0.435 e. The monoisotopic (exact) mass is 262 g/mol. The number of ether oxygens (including phenoxy) is 1. The van der Waals surface area contributed by atoms with Crippen LogP contribution in [0.25, 0.3) is 0 Å². The highest BCUT2D eigenvalue weighted by Crippen LogP contribution is 2.57. The lowest BCUT2D eigenvalue weighted by Crippen LogP contribution is -2.06. The third-order valence-electron chi connectivity index (χ3n) is 3.12. The van der Waals surface area contributed by atoms with Crippen LogP contribution in [0.4, 0.5) is 17.6 Å². The Morgan fingerprint density at radius 3 is 2.33 bits per heavy atom. The standard InChI is InChI=1S/C13H14F4O/c1-7(2)8-3-4-9(10-6-13(10,16)17)11(5-8)18-12(14)15/h3-5,7,10,12H,6H2,1-2H3. The van der Waals surface area contributed by atoms with E-state index in [1.54, 1.807) is 6.07 Å². The summed E-state index contributed by atoms with van der Waals surface area (Å²) >= 11 is 0. The largest absolute Gasteiger partial charge is 0.435 e. The second-order valence-corrected chi connectivity index (χ2v) is 4.85. The van der Waals surface area contributed by atoms with Gasteiger partial charge < -0.3 is 4.74 Å². The summed E-state index contributed by atoms with van der Waals surface area (Å²) in [5.74, 6) is -3.79. The number of halogens is 4. The van der Waals surface area contributed by atoms with Gasteiger partial charge in [0.05, 0.1) is 5.92 Å². The van der Waals surface area contributed by atoms with Crippen molar-refractivity contribution in [1.82, 2.24) is 0 Å². The first kappa shape index (κ1) is 13.2. The number of benzene rings is 1. The van der Waals surface area contributed by atoms with Crippen LogP contribution in [0.2, 0.25) is 0 Å². The molecule has 1 nitrogen and oxygen atoms in total. The Morgan fingerprint density at radius 2 is 1.89 bits per heavy atom. The van der Waals surface area contributed by atoms with E-state index >= 15 is 0 Å². The van der Waals surface area contributed by atoms with E-state index in [9.17, 15) is 17.6 Å². The first-order chi connectivity index (χ1) is 8.31. The molecule has 0 radical (unpaired) electrons. The van der Waals surface area contributed by atoms with E-state index in [2.05, 4.69) is 4.74 Å². The van der Waals surface area contributed by atoms with Crippen molar-refractivity contribution in [3.63, 3.8) is 0 Å². The Labute approximate surface area is 103 Å². The average Bonchev–Trinajstić information content (AvgIpc) is 2.86. The Bertz CT molecular complexity index is 443. The third-order valence-corrected chi connectivity index (χ3v) is 3.12. The molecule has 1 atom stereocenters. The summed E-state index contributed by atoms with van der Waals surface area (Å²) in [6.07, 6.45) is -0.298. The Kier molecular flexibility index (Phi) is 3.25. The summed E-state index contributed by atoms with van der Waals surface area (Å²) in [6.45, 7) is 0.790. The second-order valence-electron chi connectivity index (χ2n) is 4.85. The fourth-order valence-electron chi connectivity index (χ4n) is 1.95. The van der Waals surface area contributed by atoms with E-state index < -0.39 is 18.5 Å². The molecule has 0 aliphatic heterocycles. The zero-order valence-corrected chi connectivity index (χ0v) is 10.1. The van der Waals surface area contributed by atoms with Crippen LogP contribution < -0.4 is 4.74 Å². The zero-order valence-electron chi connectivity index (χ0n) is 10.1. The van der Waals surface area contributed by atoms with Crippen molar-refractivity contribution in [3.05, 3.63) is 29.3 Å². The molecule has 1 aliphatic rings. The summed E-state index contributed by atoms with van der Waals surface area (Å²) in [5, 5.41) is 0. The van der Waals surface area contributed by atoms with E-state index in [1.165, 1.54) is 12.1 Å². The van der Waals surface area contributed by atoms with Crippen molar-refractivity contribution in [2.75, 3.05) is 0 Å². The summed E-state index contributed by atoms with van der Waals surface area (Å²) in [7, 11) is 0. The van der Waals surface area contributed by atoms with Crippen molar-refractivity contribution in [3.8, 4) is 5.75 Å². The highest BCUT2D eigenvalue weighted by atomic mass is 19.3. The maximum absolute atomic E-state index is 13.0. The molecule has 1 aromatic carbocycles. The molecular formula is C13H14F4O. The average molecular weight is 262 g/mol. The van der Waals surface area contributed by atoms with Gasteiger partial charge in [0.2, 0.25) is 0 Å². The zero-order chi connectivity index (χ0) is 13.5. The molecule has 100 valence electrons. The third kappa shape index (κ3) is 2.60. The predicted molar refractivity (Wildman–Crippen MR) is 59.5 cm³/mol. The molecule has 0 bridgehead atoms. The fourth-order valence-corrected chi connectivity index (χ4v) is 1.95. The smallest absolute Gasteiger partial charge is 0.387 e. The lowest BCUT2D eigenvalue weighted by atomic mass is 9.99. The molecule has 1 aromatic rings. The fraction of sp³-hybridized carbons (Fsp3) is 0.538. The van der Waals surface area contributed by atoms with E-state index in [-0.39, 0.29) is 23.7 Å². The first-order valence-corrected chi connectivity index (χ1v) is 5.77. The maximum Gasteiger partial charge on any atom is 0.387 e. The van der Waals surface area contributed by atoms with Gasteiger partial charge in [0, 0.05) is 12.0 Å². The van der Waals surface area contributed by atoms with E-state index in [0.717, 1.165) is 5.56 Å². The van der Waals surface area contributed by atoms with Gasteiger partial charge in [0.1, 0.15) is 5.75 Å². The van der Waals surface area contributed by atoms with Gasteiger partial charge in [-0.25, -0.2) is 8.78 Å². The number of alkyl halides is 4. The minimum atomic E-state index is -3.00. The van der Waals surface area contributed by atoms with Gasteiger partial charge in [-0.2, -0.15) is 8.78 Å². The van der Waals surface area contributed by atoms with Gasteiger partial charge in [-0.15, -0.1) is 0 Å². The normalized spacial score (nSPS) is 21.4. The highest BCUT2D eigenvalue weighted by molar-refractivity contribution is 5.44. The SMILES string of the molecule is CC(C)c1ccc(C2CC2(F)F)c(OC(F)F)c1. The van der Waals surface area contributed by atoms with Crippen molar-refractivity contribution in [2.24, 2.45) is 0 Å². The molecule has 0 heterocycles. The van der Waals surface area contributed by atoms with Crippen molar-refractivity contribution in [1.29, 1.82) is 0 Å². The van der Waals surface area contributed by atoms with Gasteiger partial charge in [-0.05, 0) is 17.5 Å². The van der Waals surface area contributed by atoms with Crippen LogP contribution in [0.1, 0.15) is 43.2 Å². The number of hydrogen-bond acceptors (Lipinski definition) is 1. The summed E-state index contributed by atoms with van der Waals surface area (Å²) in [4.78, 5) is 0. The van der Waals surface area contributed by atoms with Gasteiger partial charge >= 0.3 is 6.61 Å². The minimum absolute atomic E-state index is 0.124. The van der Waals surface area contributed by atoms with Crippen molar-refractivity contribution < 1.29 is 22.3 Å². The Hall–Kier alpha value is -1.26. The molecule has 0 N–H and O–H groups in total. The maximum atomic E-state index is 13.0. The van der Waals surface area contributed by atoms with Gasteiger partial charge in [-0.3, -0.25) is 0 Å². The van der Waals surface area contributed by atoms with Gasteiger partial charge in [-0.1, -0.05) is 26.0 Å². The number of hydrogen-bond donors (Lipinski definition) is 0. The van der Waals surface area contributed by atoms with Crippen LogP contribution in [0.15, 0.2) is 18.2 Å². The molecule has 0 aromatic heterocycles. The van der Waals surface area contributed by atoms with Crippen LogP contribution in [-0.2, 0) is 0 Å². The lowest BCUT2D eigenvalue weighted by Gasteiger charge is -2.14. The van der Waals surface area contributed by atoms with E-state index in [1.807, 2.05) is 13.8 Å². The van der Waals surface area contributed by atoms with Crippen LogP contribution in [0.5, 0.6) is 5.75 Å². The van der Waals surface area contributed by atoms with Crippen LogP contribution in [0.3, 0.4) is 0 Å². The summed E-state index contributed by atoms with van der Waals surface area (Å²) in [6, 6.07) is 4.59. The molecule has 2 rings (SSSR count). The highest BCUT2D eigenvalue weighted by Gasteiger charge is 2.58. The molecule has 0 saturated heterocycles. The molecule has 5 heteroatoms. The summed E-state index contributed by atoms with van der Waals surface area (Å²) in [5.41, 5.74) is 0.961. The lowest BCUT2D eigenvalue weighted by molar-refractivity contribution is -0.0507. The van der Waals surface area contributed by atoms with E-state index in [4.69, 9.17) is 0 Å². The molecular weight excluding hydrogens is 248 g/mol. The van der Waals surface area contributed by atoms with Crippen molar-refractivity contribution >= 4 is 0 Å². The van der Waals surface area contributed by atoms with E-state index in [0.29, 0.717) is 0 Å². The Morgan fingerprint density at radius 1 is 1.28 bits per heavy atom. The molecule has 0 amide bonds. The first-order valence-electron chi connectivity index (χ1n) is 5.77. The molecule has 1 saturated carbocycles. The van der Waals surface area contributed by atoms with Crippen molar-refractivity contribution in [2.45, 2.75) is 44.6 Å². The molecule has 18 heavy (non-hydrogen) atoms. The predicted octanol–water partition coefficient (Wildman–Crippen LogP) is 4.53. The van der Waals surface area contributed by atoms with Gasteiger partial charge in [0.25, 0.3) is 5.92 Å². The van der Waals surface area contributed by atoms with Crippen LogP contribution in [-0.4, -0.2) is 12.5 Å². The molecule has 1 unspecified atom stereocenters. The summed E-state index contributed by atoms with van der Waals surface area (Å²) < 4.78 is 55.0. The second kappa shape index (κ2) is 4.44. The van der Waals surface area contributed by atoms with Gasteiger partial charge in [0.15, 0.2) is 0 Å². The van der Waals surface area contributed by atoms with Crippen LogP contribution >= 0.6 is 0 Å². The van der Waals surface area contributed by atoms with Crippen LogP contribution in [0, 0.1) is 0 Å². The topological polar surface area (TPSA) is 9.23 Å². The molecule has 1 fully saturated rings. The number of rotatable bonds is 4.